The van der Waals surface area contributed by atoms with Gasteiger partial charge in [-0.15, -0.1) is 0 Å². The number of nitrogens with one attached hydrogen (secondary N) is 1. The van der Waals surface area contributed by atoms with E-state index in [9.17, 15) is 13.2 Å². The minimum atomic E-state index is -3.68. The average Bonchev–Trinajstić information content (AvgIpc) is 3.00. The molecule has 1 aromatic heterocycles. The molecule has 0 saturated carbocycles. The van der Waals surface area contributed by atoms with Crippen LogP contribution in [0.15, 0.2) is 64.2 Å². The van der Waals surface area contributed by atoms with Crippen molar-refractivity contribution in [2.75, 3.05) is 17.1 Å². The van der Waals surface area contributed by atoms with E-state index in [0.717, 1.165) is 33.2 Å². The van der Waals surface area contributed by atoms with Crippen LogP contribution < -0.4 is 9.73 Å². The molecule has 7 nitrogen and oxygen atoms in total. The van der Waals surface area contributed by atoms with Crippen molar-refractivity contribution in [3.8, 4) is 5.69 Å². The number of nitrogens with zero attached hydrogens (tertiary/aromatic N) is 3. The number of carbonyl (C=O) groups excluding carboxylic acids is 1. The number of rotatable bonds is 7. The third-order valence-corrected chi connectivity index (χ3v) is 6.88. The van der Waals surface area contributed by atoms with Crippen molar-refractivity contribution >= 4 is 55.4 Å². The van der Waals surface area contributed by atoms with Crippen molar-refractivity contribution in [3.05, 3.63) is 81.0 Å². The number of para-hydroxylation sites is 2. The molecule has 0 atom stereocenters. The van der Waals surface area contributed by atoms with Crippen LogP contribution in [0, 0.1) is 13.8 Å². The van der Waals surface area contributed by atoms with Gasteiger partial charge >= 0.3 is 0 Å². The van der Waals surface area contributed by atoms with Crippen LogP contribution in [-0.4, -0.2) is 37.9 Å². The molecule has 3 rings (SSSR count). The molecule has 1 heterocycles. The Labute approximate surface area is 200 Å². The van der Waals surface area contributed by atoms with Crippen LogP contribution in [0.5, 0.6) is 0 Å². The standard InChI is InChI=1S/C22H22BrClN4O3S/c1-15-12-17(16(2)28(15)21-11-7-5-9-19(21)24)13-25-26-22(29)14-27(32(3,30)31)20-10-6-4-8-18(20)23/h4-13H,14H2,1-3H3,(H,26,29)/b25-13+. The molecule has 2 aromatic carbocycles. The second-order valence-electron chi connectivity index (χ2n) is 7.13. The number of anilines is 1. The normalized spacial score (nSPS) is 11.7. The molecule has 168 valence electrons. The van der Waals surface area contributed by atoms with Gasteiger partial charge in [0, 0.05) is 21.4 Å². The number of halogens is 2. The molecule has 1 N–H and O–H groups in total. The van der Waals surface area contributed by atoms with Gasteiger partial charge in [-0.1, -0.05) is 35.9 Å². The Bertz CT molecular complexity index is 1290. The van der Waals surface area contributed by atoms with Crippen LogP contribution in [0.25, 0.3) is 5.69 Å². The first-order chi connectivity index (χ1) is 15.1. The molecule has 0 fully saturated rings. The van der Waals surface area contributed by atoms with Crippen LogP contribution in [0.4, 0.5) is 5.69 Å². The highest BCUT2D eigenvalue weighted by Gasteiger charge is 2.22. The van der Waals surface area contributed by atoms with Crippen molar-refractivity contribution in [1.82, 2.24) is 9.99 Å². The zero-order valence-corrected chi connectivity index (χ0v) is 20.9. The first-order valence-electron chi connectivity index (χ1n) is 9.57. The molecule has 10 heteroatoms. The number of aromatic nitrogens is 1. The van der Waals surface area contributed by atoms with E-state index >= 15 is 0 Å². The van der Waals surface area contributed by atoms with Crippen molar-refractivity contribution < 1.29 is 13.2 Å². The number of aryl methyl sites for hydroxylation is 1. The lowest BCUT2D eigenvalue weighted by Crippen LogP contribution is -2.39. The van der Waals surface area contributed by atoms with E-state index in [1.54, 1.807) is 24.3 Å². The zero-order chi connectivity index (χ0) is 23.5. The van der Waals surface area contributed by atoms with Gasteiger partial charge in [-0.3, -0.25) is 9.10 Å². The second-order valence-corrected chi connectivity index (χ2v) is 10.3. The van der Waals surface area contributed by atoms with Gasteiger partial charge in [-0.2, -0.15) is 5.10 Å². The highest BCUT2D eigenvalue weighted by atomic mass is 79.9. The van der Waals surface area contributed by atoms with Crippen molar-refractivity contribution in [1.29, 1.82) is 0 Å². The summed E-state index contributed by atoms with van der Waals surface area (Å²) in [6, 6.07) is 16.2. The van der Waals surface area contributed by atoms with Gasteiger partial charge < -0.3 is 4.57 Å². The maximum absolute atomic E-state index is 12.4. The highest BCUT2D eigenvalue weighted by Crippen LogP contribution is 2.27. The second kappa shape index (κ2) is 9.89. The summed E-state index contributed by atoms with van der Waals surface area (Å²) < 4.78 is 28.1. The quantitative estimate of drug-likeness (QED) is 0.358. The molecule has 0 bridgehead atoms. The van der Waals surface area contributed by atoms with Crippen molar-refractivity contribution in [2.45, 2.75) is 13.8 Å². The van der Waals surface area contributed by atoms with Gasteiger partial charge in [-0.05, 0) is 60.1 Å². The maximum Gasteiger partial charge on any atom is 0.260 e. The average molecular weight is 538 g/mol. The molecule has 3 aromatic rings. The molecule has 0 spiro atoms. The maximum atomic E-state index is 12.4. The van der Waals surface area contributed by atoms with E-state index in [1.165, 1.54) is 6.21 Å². The van der Waals surface area contributed by atoms with Crippen LogP contribution in [0.1, 0.15) is 17.0 Å². The Morgan fingerprint density at radius 3 is 2.50 bits per heavy atom. The van der Waals surface area contributed by atoms with Crippen LogP contribution in [0.2, 0.25) is 5.02 Å². The van der Waals surface area contributed by atoms with Gasteiger partial charge in [0.05, 0.1) is 28.9 Å². The first-order valence-corrected chi connectivity index (χ1v) is 12.6. The number of carbonyl (C=O) groups is 1. The Morgan fingerprint density at radius 2 is 1.84 bits per heavy atom. The zero-order valence-electron chi connectivity index (χ0n) is 17.7. The molecule has 0 radical (unpaired) electrons. The molecular weight excluding hydrogens is 516 g/mol. The summed E-state index contributed by atoms with van der Waals surface area (Å²) in [5, 5.41) is 4.64. The van der Waals surface area contributed by atoms with Gasteiger partial charge in [0.1, 0.15) is 6.54 Å². The monoisotopic (exact) mass is 536 g/mol. The highest BCUT2D eigenvalue weighted by molar-refractivity contribution is 9.10. The summed E-state index contributed by atoms with van der Waals surface area (Å²) in [5.74, 6) is -0.567. The van der Waals surface area contributed by atoms with Crippen molar-refractivity contribution in [3.63, 3.8) is 0 Å². The van der Waals surface area contributed by atoms with E-state index in [0.29, 0.717) is 15.2 Å². The lowest BCUT2D eigenvalue weighted by atomic mass is 10.2. The summed E-state index contributed by atoms with van der Waals surface area (Å²) in [4.78, 5) is 12.4. The molecule has 0 aliphatic rings. The minimum absolute atomic E-state index is 0.373. The molecule has 0 unspecified atom stereocenters. The van der Waals surface area contributed by atoms with Crippen LogP contribution in [0.3, 0.4) is 0 Å². The van der Waals surface area contributed by atoms with E-state index in [2.05, 4.69) is 26.5 Å². The SMILES string of the molecule is Cc1cc(/C=N/NC(=O)CN(c2ccccc2Br)S(C)(=O)=O)c(C)n1-c1ccccc1Cl. The van der Waals surface area contributed by atoms with Crippen LogP contribution >= 0.6 is 27.5 Å². The summed E-state index contributed by atoms with van der Waals surface area (Å²) in [6.45, 7) is 3.48. The third-order valence-electron chi connectivity index (χ3n) is 4.77. The number of sulfonamides is 1. The molecule has 1 amide bonds. The number of benzene rings is 2. The summed E-state index contributed by atoms with van der Waals surface area (Å²) in [5.41, 5.74) is 6.29. The first kappa shape index (κ1) is 24.0. The number of amides is 1. The van der Waals surface area contributed by atoms with E-state index < -0.39 is 22.5 Å². The van der Waals surface area contributed by atoms with Gasteiger partial charge in [0.25, 0.3) is 5.91 Å². The smallest absolute Gasteiger partial charge is 0.260 e. The number of hydrogen-bond acceptors (Lipinski definition) is 4. The van der Waals surface area contributed by atoms with Crippen LogP contribution in [-0.2, 0) is 14.8 Å². The molecule has 0 aliphatic carbocycles. The lowest BCUT2D eigenvalue weighted by molar-refractivity contribution is -0.119. The predicted octanol–water partition coefficient (Wildman–Crippen LogP) is 4.43. The third kappa shape index (κ3) is 5.40. The minimum Gasteiger partial charge on any atom is -0.316 e. The summed E-state index contributed by atoms with van der Waals surface area (Å²) in [6.07, 6.45) is 2.57. The molecule has 32 heavy (non-hydrogen) atoms. The van der Waals surface area contributed by atoms with E-state index in [1.807, 2.05) is 48.7 Å². The van der Waals surface area contributed by atoms with Gasteiger partial charge in [0.2, 0.25) is 10.0 Å². The fraction of sp³-hybridized carbons (Fsp3) is 0.182. The Morgan fingerprint density at radius 1 is 1.19 bits per heavy atom. The van der Waals surface area contributed by atoms with Gasteiger partial charge in [-0.25, -0.2) is 13.8 Å². The fourth-order valence-corrected chi connectivity index (χ4v) is 5.00. The molecule has 0 aliphatic heterocycles. The van der Waals surface area contributed by atoms with Gasteiger partial charge in [0.15, 0.2) is 0 Å². The van der Waals surface area contributed by atoms with Crippen molar-refractivity contribution in [2.24, 2.45) is 5.10 Å². The summed E-state index contributed by atoms with van der Waals surface area (Å²) in [7, 11) is -3.68. The predicted molar refractivity (Wildman–Crippen MR) is 132 cm³/mol. The molecular formula is C22H22BrClN4O3S. The Balaban J connectivity index is 1.76. The Kier molecular flexibility index (Phi) is 7.43. The number of hydrazone groups is 1. The Hall–Kier alpha value is -2.62. The largest absolute Gasteiger partial charge is 0.316 e. The summed E-state index contributed by atoms with van der Waals surface area (Å²) >= 11 is 9.66. The topological polar surface area (TPSA) is 83.8 Å². The lowest BCUT2D eigenvalue weighted by Gasteiger charge is -2.22. The van der Waals surface area contributed by atoms with E-state index in [-0.39, 0.29) is 0 Å². The molecule has 0 saturated heterocycles. The van der Waals surface area contributed by atoms with E-state index in [4.69, 9.17) is 11.6 Å². The number of hydrogen-bond donors (Lipinski definition) is 1. The fourth-order valence-electron chi connectivity index (χ4n) is 3.30.